The van der Waals surface area contributed by atoms with E-state index in [9.17, 15) is 13.2 Å². The van der Waals surface area contributed by atoms with Gasteiger partial charge in [0, 0.05) is 18.5 Å². The van der Waals surface area contributed by atoms with Gasteiger partial charge in [-0.1, -0.05) is 18.2 Å². The zero-order valence-corrected chi connectivity index (χ0v) is 13.6. The van der Waals surface area contributed by atoms with Gasteiger partial charge in [0.25, 0.3) is 0 Å². The first-order chi connectivity index (χ1) is 12.4. The van der Waals surface area contributed by atoms with Gasteiger partial charge in [-0.3, -0.25) is 0 Å². The van der Waals surface area contributed by atoms with Crippen LogP contribution in [0.4, 0.5) is 13.2 Å². The lowest BCUT2D eigenvalue weighted by atomic mass is 10.3. The average Bonchev–Trinajstić information content (AvgIpc) is 3.08. The Hall–Kier alpha value is -3.17. The van der Waals surface area contributed by atoms with Gasteiger partial charge in [0.1, 0.15) is 18.1 Å². The number of ether oxygens (including phenoxy) is 2. The maximum atomic E-state index is 12.3. The smallest absolute Gasteiger partial charge is 0.457 e. The van der Waals surface area contributed by atoms with Crippen molar-refractivity contribution in [1.29, 1.82) is 0 Å². The van der Waals surface area contributed by atoms with E-state index in [1.165, 1.54) is 29.1 Å². The predicted octanol–water partition coefficient (Wildman–Crippen LogP) is 3.10. The first kappa shape index (κ1) is 17.6. The normalized spacial score (nSPS) is 11.4. The summed E-state index contributed by atoms with van der Waals surface area (Å²) in [6.07, 6.45) is 0.947. The van der Waals surface area contributed by atoms with E-state index < -0.39 is 6.36 Å². The average molecular weight is 365 g/mol. The molecule has 10 heteroatoms. The van der Waals surface area contributed by atoms with Crippen LogP contribution in [0.15, 0.2) is 42.9 Å². The SMILES string of the molecule is CCc1cnc(OCc2cn(-c3cccc(OC(F)(F)F)c3)nn2)nc1. The molecule has 0 amide bonds. The summed E-state index contributed by atoms with van der Waals surface area (Å²) in [5.41, 5.74) is 1.83. The van der Waals surface area contributed by atoms with Crippen molar-refractivity contribution in [2.75, 3.05) is 0 Å². The first-order valence-corrected chi connectivity index (χ1v) is 7.64. The van der Waals surface area contributed by atoms with Crippen molar-refractivity contribution < 1.29 is 22.6 Å². The van der Waals surface area contributed by atoms with Crippen molar-refractivity contribution in [1.82, 2.24) is 25.0 Å². The number of aromatic nitrogens is 5. The van der Waals surface area contributed by atoms with Crippen molar-refractivity contribution in [3.63, 3.8) is 0 Å². The molecule has 7 nitrogen and oxygen atoms in total. The molecule has 0 fully saturated rings. The third kappa shape index (κ3) is 4.68. The van der Waals surface area contributed by atoms with Gasteiger partial charge in [0.05, 0.1) is 11.9 Å². The highest BCUT2D eigenvalue weighted by Crippen LogP contribution is 2.24. The lowest BCUT2D eigenvalue weighted by Crippen LogP contribution is -2.17. The summed E-state index contributed by atoms with van der Waals surface area (Å²) in [5, 5.41) is 7.79. The number of benzene rings is 1. The first-order valence-electron chi connectivity index (χ1n) is 7.64. The fraction of sp³-hybridized carbons (Fsp3) is 0.250. The minimum Gasteiger partial charge on any atom is -0.457 e. The summed E-state index contributed by atoms with van der Waals surface area (Å²) in [7, 11) is 0. The van der Waals surface area contributed by atoms with Crippen molar-refractivity contribution >= 4 is 0 Å². The molecule has 0 aliphatic carbocycles. The van der Waals surface area contributed by atoms with Gasteiger partial charge < -0.3 is 9.47 Å². The van der Waals surface area contributed by atoms with E-state index in [4.69, 9.17) is 4.74 Å². The Labute approximate surface area is 146 Å². The monoisotopic (exact) mass is 365 g/mol. The molecule has 0 saturated heterocycles. The van der Waals surface area contributed by atoms with Crippen LogP contribution in [-0.2, 0) is 13.0 Å². The van der Waals surface area contributed by atoms with E-state index in [2.05, 4.69) is 25.0 Å². The van der Waals surface area contributed by atoms with E-state index in [0.29, 0.717) is 11.4 Å². The molecular formula is C16H14F3N5O2. The van der Waals surface area contributed by atoms with Crippen LogP contribution in [0.5, 0.6) is 11.8 Å². The molecule has 0 aliphatic rings. The predicted molar refractivity (Wildman–Crippen MR) is 83.8 cm³/mol. The molecule has 136 valence electrons. The Kier molecular flexibility index (Phi) is 5.01. The van der Waals surface area contributed by atoms with Crippen molar-refractivity contribution in [2.24, 2.45) is 0 Å². The minimum atomic E-state index is -4.76. The molecule has 3 rings (SSSR count). The zero-order valence-electron chi connectivity index (χ0n) is 13.6. The van der Waals surface area contributed by atoms with E-state index >= 15 is 0 Å². The van der Waals surface area contributed by atoms with E-state index in [-0.39, 0.29) is 18.4 Å². The molecule has 1 aromatic carbocycles. The molecule has 0 atom stereocenters. The van der Waals surface area contributed by atoms with E-state index in [0.717, 1.165) is 12.0 Å². The van der Waals surface area contributed by atoms with Crippen LogP contribution < -0.4 is 9.47 Å². The zero-order chi connectivity index (χ0) is 18.6. The van der Waals surface area contributed by atoms with Gasteiger partial charge in [-0.25, -0.2) is 14.6 Å². The Morgan fingerprint density at radius 3 is 2.62 bits per heavy atom. The summed E-state index contributed by atoms with van der Waals surface area (Å²) in [5.74, 6) is -0.340. The summed E-state index contributed by atoms with van der Waals surface area (Å²) in [4.78, 5) is 8.13. The second kappa shape index (κ2) is 7.38. The number of rotatable bonds is 6. The van der Waals surface area contributed by atoms with Crippen LogP contribution in [0.1, 0.15) is 18.2 Å². The second-order valence-electron chi connectivity index (χ2n) is 5.22. The summed E-state index contributed by atoms with van der Waals surface area (Å²) in [6.45, 7) is 2.07. The van der Waals surface area contributed by atoms with Crippen LogP contribution in [-0.4, -0.2) is 31.3 Å². The largest absolute Gasteiger partial charge is 0.573 e. The Morgan fingerprint density at radius 1 is 1.15 bits per heavy atom. The van der Waals surface area contributed by atoms with Gasteiger partial charge in [-0.2, -0.15) is 0 Å². The fourth-order valence-electron chi connectivity index (χ4n) is 2.05. The molecule has 26 heavy (non-hydrogen) atoms. The van der Waals surface area contributed by atoms with Crippen molar-refractivity contribution in [3.8, 4) is 17.4 Å². The van der Waals surface area contributed by atoms with Crippen LogP contribution in [0.25, 0.3) is 5.69 Å². The van der Waals surface area contributed by atoms with Crippen molar-refractivity contribution in [2.45, 2.75) is 26.3 Å². The lowest BCUT2D eigenvalue weighted by molar-refractivity contribution is -0.274. The number of nitrogens with zero attached hydrogens (tertiary/aromatic N) is 5. The standard InChI is InChI=1S/C16H14F3N5O2/c1-2-11-7-20-15(21-8-11)25-10-12-9-24(23-22-12)13-4-3-5-14(6-13)26-16(17,18)19/h3-9H,2,10H2,1H3. The highest BCUT2D eigenvalue weighted by molar-refractivity contribution is 5.38. The van der Waals surface area contributed by atoms with Gasteiger partial charge in [0.15, 0.2) is 0 Å². The van der Waals surface area contributed by atoms with Crippen LogP contribution in [0, 0.1) is 0 Å². The van der Waals surface area contributed by atoms with Gasteiger partial charge in [-0.15, -0.1) is 18.3 Å². The third-order valence-electron chi connectivity index (χ3n) is 3.30. The van der Waals surface area contributed by atoms with Crippen LogP contribution in [0.2, 0.25) is 0 Å². The number of alkyl halides is 3. The Morgan fingerprint density at radius 2 is 1.92 bits per heavy atom. The van der Waals surface area contributed by atoms with E-state index in [1.54, 1.807) is 18.5 Å². The number of hydrogen-bond donors (Lipinski definition) is 0. The molecule has 0 unspecified atom stereocenters. The van der Waals surface area contributed by atoms with Gasteiger partial charge in [0.2, 0.25) is 0 Å². The molecule has 0 bridgehead atoms. The summed E-state index contributed by atoms with van der Waals surface area (Å²) < 4.78 is 47.5. The van der Waals surface area contributed by atoms with Crippen LogP contribution in [0.3, 0.4) is 0 Å². The van der Waals surface area contributed by atoms with Crippen molar-refractivity contribution in [3.05, 3.63) is 54.1 Å². The third-order valence-corrected chi connectivity index (χ3v) is 3.30. The van der Waals surface area contributed by atoms with Crippen LogP contribution >= 0.6 is 0 Å². The Bertz CT molecular complexity index is 865. The second-order valence-corrected chi connectivity index (χ2v) is 5.22. The Balaban J connectivity index is 1.66. The maximum Gasteiger partial charge on any atom is 0.573 e. The highest BCUT2D eigenvalue weighted by atomic mass is 19.4. The van der Waals surface area contributed by atoms with Gasteiger partial charge >= 0.3 is 12.4 Å². The molecule has 0 N–H and O–H groups in total. The highest BCUT2D eigenvalue weighted by Gasteiger charge is 2.31. The quantitative estimate of drug-likeness (QED) is 0.668. The summed E-state index contributed by atoms with van der Waals surface area (Å²) >= 11 is 0. The van der Waals surface area contributed by atoms with Gasteiger partial charge in [-0.05, 0) is 24.1 Å². The minimum absolute atomic E-state index is 0.0736. The number of halogens is 3. The maximum absolute atomic E-state index is 12.3. The van der Waals surface area contributed by atoms with E-state index in [1.807, 2.05) is 6.92 Å². The molecule has 2 aromatic heterocycles. The molecule has 0 aliphatic heterocycles. The molecule has 0 spiro atoms. The number of aryl methyl sites for hydroxylation is 1. The summed E-state index contributed by atoms with van der Waals surface area (Å²) in [6, 6.07) is 5.62. The molecule has 0 saturated carbocycles. The molecule has 0 radical (unpaired) electrons. The molecule has 3 aromatic rings. The topological polar surface area (TPSA) is 75.0 Å². The fourth-order valence-corrected chi connectivity index (χ4v) is 2.05. The lowest BCUT2D eigenvalue weighted by Gasteiger charge is -2.09. The number of hydrogen-bond acceptors (Lipinski definition) is 6. The molecular weight excluding hydrogens is 351 g/mol. The molecule has 2 heterocycles.